The maximum atomic E-state index is 12.8. The normalized spacial score (nSPS) is 16.6. The first-order valence-electron chi connectivity index (χ1n) is 9.53. The van der Waals surface area contributed by atoms with Crippen molar-refractivity contribution in [2.45, 2.75) is 31.8 Å². The average Bonchev–Trinajstić information content (AvgIpc) is 3.44. The minimum Gasteiger partial charge on any atom is -0.459 e. The van der Waals surface area contributed by atoms with E-state index in [9.17, 15) is 9.59 Å². The fourth-order valence-corrected chi connectivity index (χ4v) is 3.61. The van der Waals surface area contributed by atoms with E-state index in [2.05, 4.69) is 10.4 Å². The summed E-state index contributed by atoms with van der Waals surface area (Å²) in [7, 11) is 0. The molecule has 0 aliphatic carbocycles. The minimum atomic E-state index is -0.493. The lowest BCUT2D eigenvalue weighted by atomic mass is 10.0. The number of carbonyl (C=O) groups excluding carboxylic acids is 2. The number of benzene rings is 1. The van der Waals surface area contributed by atoms with Gasteiger partial charge in [-0.05, 0) is 55.7 Å². The summed E-state index contributed by atoms with van der Waals surface area (Å²) in [5, 5.41) is 7.93. The van der Waals surface area contributed by atoms with Gasteiger partial charge in [0, 0.05) is 29.9 Å². The molecular formula is C21H21ClN4O3. The second-order valence-corrected chi connectivity index (χ2v) is 7.41. The highest BCUT2D eigenvalue weighted by atomic mass is 35.5. The van der Waals surface area contributed by atoms with Gasteiger partial charge in [0.05, 0.1) is 18.1 Å². The number of furan rings is 1. The lowest BCUT2D eigenvalue weighted by Crippen LogP contribution is -2.51. The molecular weight excluding hydrogens is 392 g/mol. The molecule has 7 nitrogen and oxygen atoms in total. The number of nitrogens with one attached hydrogen (secondary N) is 1. The molecule has 29 heavy (non-hydrogen) atoms. The molecule has 1 N–H and O–H groups in total. The molecule has 1 unspecified atom stereocenters. The first kappa shape index (κ1) is 19.3. The van der Waals surface area contributed by atoms with Crippen molar-refractivity contribution in [1.29, 1.82) is 0 Å². The molecule has 0 radical (unpaired) electrons. The van der Waals surface area contributed by atoms with Crippen molar-refractivity contribution in [3.8, 4) is 5.69 Å². The molecule has 3 heterocycles. The number of carbonyl (C=O) groups is 2. The molecule has 2 amide bonds. The molecule has 2 aromatic heterocycles. The molecule has 0 bridgehead atoms. The third-order valence-corrected chi connectivity index (χ3v) is 5.24. The molecule has 1 saturated heterocycles. The highest BCUT2D eigenvalue weighted by Gasteiger charge is 2.33. The van der Waals surface area contributed by atoms with Crippen LogP contribution >= 0.6 is 11.6 Å². The fraction of sp³-hybridized carbons (Fsp3) is 0.286. The van der Waals surface area contributed by atoms with Crippen LogP contribution < -0.4 is 5.32 Å². The fourth-order valence-electron chi connectivity index (χ4n) is 3.48. The van der Waals surface area contributed by atoms with E-state index in [4.69, 9.17) is 16.0 Å². The van der Waals surface area contributed by atoms with E-state index in [1.165, 1.54) is 6.26 Å². The summed E-state index contributed by atoms with van der Waals surface area (Å²) >= 11 is 5.92. The third-order valence-electron chi connectivity index (χ3n) is 4.99. The van der Waals surface area contributed by atoms with Crippen LogP contribution in [0.2, 0.25) is 5.02 Å². The van der Waals surface area contributed by atoms with Crippen molar-refractivity contribution >= 4 is 23.4 Å². The van der Waals surface area contributed by atoms with Crippen LogP contribution in [0.3, 0.4) is 0 Å². The van der Waals surface area contributed by atoms with E-state index < -0.39 is 6.04 Å². The first-order valence-corrected chi connectivity index (χ1v) is 9.91. The number of nitrogens with zero attached hydrogens (tertiary/aromatic N) is 3. The van der Waals surface area contributed by atoms with Crippen molar-refractivity contribution in [3.05, 3.63) is 71.4 Å². The van der Waals surface area contributed by atoms with Crippen LogP contribution in [0.5, 0.6) is 0 Å². The zero-order valence-electron chi connectivity index (χ0n) is 15.8. The van der Waals surface area contributed by atoms with Gasteiger partial charge in [-0.1, -0.05) is 11.6 Å². The summed E-state index contributed by atoms with van der Waals surface area (Å²) in [4.78, 5) is 27.1. The Morgan fingerprint density at radius 1 is 1.21 bits per heavy atom. The standard InChI is InChI=1S/C21H21ClN4O3/c22-16-6-8-17(9-7-16)26-14-15(13-24-26)12-23-20(27)18-4-1-2-10-25(18)21(28)19-5-3-11-29-19/h3,5-9,11,13-14,18H,1-2,4,10,12H2,(H,23,27). The highest BCUT2D eigenvalue weighted by Crippen LogP contribution is 2.20. The van der Waals surface area contributed by atoms with Gasteiger partial charge in [0.15, 0.2) is 5.76 Å². The molecule has 0 saturated carbocycles. The maximum Gasteiger partial charge on any atom is 0.290 e. The van der Waals surface area contributed by atoms with Crippen LogP contribution in [-0.2, 0) is 11.3 Å². The van der Waals surface area contributed by atoms with Crippen molar-refractivity contribution in [1.82, 2.24) is 20.0 Å². The van der Waals surface area contributed by atoms with E-state index >= 15 is 0 Å². The summed E-state index contributed by atoms with van der Waals surface area (Å²) in [5.74, 6) is -0.150. The average molecular weight is 413 g/mol. The molecule has 1 atom stereocenters. The van der Waals surface area contributed by atoms with Crippen LogP contribution in [0, 0.1) is 0 Å². The SMILES string of the molecule is O=C(NCc1cnn(-c2ccc(Cl)cc2)c1)C1CCCCN1C(=O)c1ccco1. The van der Waals surface area contributed by atoms with E-state index in [0.717, 1.165) is 24.1 Å². The number of piperidine rings is 1. The van der Waals surface area contributed by atoms with Crippen LogP contribution in [-0.4, -0.2) is 39.1 Å². The number of aromatic nitrogens is 2. The van der Waals surface area contributed by atoms with Gasteiger partial charge in [-0.3, -0.25) is 9.59 Å². The summed E-state index contributed by atoms with van der Waals surface area (Å²) in [6.45, 7) is 0.887. The summed E-state index contributed by atoms with van der Waals surface area (Å²) in [6, 6.07) is 10.1. The Morgan fingerprint density at radius 2 is 2.03 bits per heavy atom. The van der Waals surface area contributed by atoms with Crippen molar-refractivity contribution in [2.75, 3.05) is 6.54 Å². The Balaban J connectivity index is 1.39. The maximum absolute atomic E-state index is 12.8. The largest absolute Gasteiger partial charge is 0.459 e. The number of likely N-dealkylation sites (tertiary alicyclic amines) is 1. The first-order chi connectivity index (χ1) is 14.1. The van der Waals surface area contributed by atoms with Crippen LogP contribution in [0.4, 0.5) is 0 Å². The Hall–Kier alpha value is -3.06. The van der Waals surface area contributed by atoms with Gasteiger partial charge in [-0.2, -0.15) is 5.10 Å². The number of hydrogen-bond acceptors (Lipinski definition) is 4. The molecule has 1 aliphatic rings. The van der Waals surface area contributed by atoms with Gasteiger partial charge in [0.1, 0.15) is 6.04 Å². The number of amides is 2. The molecule has 1 fully saturated rings. The van der Waals surface area contributed by atoms with Crippen molar-refractivity contribution in [2.24, 2.45) is 0 Å². The van der Waals surface area contributed by atoms with Gasteiger partial charge in [-0.15, -0.1) is 0 Å². The highest BCUT2D eigenvalue weighted by molar-refractivity contribution is 6.30. The van der Waals surface area contributed by atoms with E-state index in [-0.39, 0.29) is 17.6 Å². The van der Waals surface area contributed by atoms with Crippen LogP contribution in [0.15, 0.2) is 59.5 Å². The summed E-state index contributed by atoms with van der Waals surface area (Å²) < 4.78 is 6.94. The predicted octanol–water partition coefficient (Wildman–Crippen LogP) is 3.43. The van der Waals surface area contributed by atoms with Crippen molar-refractivity contribution in [3.63, 3.8) is 0 Å². The molecule has 0 spiro atoms. The number of halogens is 1. The Bertz CT molecular complexity index is 982. The van der Waals surface area contributed by atoms with Gasteiger partial charge in [0.2, 0.25) is 5.91 Å². The Kier molecular flexibility index (Phi) is 5.67. The molecule has 150 valence electrons. The van der Waals surface area contributed by atoms with E-state index in [1.807, 2.05) is 18.3 Å². The molecule has 4 rings (SSSR count). The van der Waals surface area contributed by atoms with Crippen molar-refractivity contribution < 1.29 is 14.0 Å². The Morgan fingerprint density at radius 3 is 2.79 bits per heavy atom. The smallest absolute Gasteiger partial charge is 0.290 e. The molecule has 1 aliphatic heterocycles. The minimum absolute atomic E-state index is 0.163. The molecule has 1 aromatic carbocycles. The second-order valence-electron chi connectivity index (χ2n) is 6.97. The monoisotopic (exact) mass is 412 g/mol. The second kappa shape index (κ2) is 8.53. The van der Waals surface area contributed by atoms with Gasteiger partial charge in [-0.25, -0.2) is 4.68 Å². The summed E-state index contributed by atoms with van der Waals surface area (Å²) in [5.41, 5.74) is 1.75. The quantitative estimate of drug-likeness (QED) is 0.696. The van der Waals surface area contributed by atoms with Crippen LogP contribution in [0.1, 0.15) is 35.4 Å². The van der Waals surface area contributed by atoms with E-state index in [1.54, 1.807) is 40.0 Å². The molecule has 8 heteroatoms. The lowest BCUT2D eigenvalue weighted by molar-refractivity contribution is -0.126. The zero-order chi connectivity index (χ0) is 20.2. The lowest BCUT2D eigenvalue weighted by Gasteiger charge is -2.34. The van der Waals surface area contributed by atoms with Crippen LogP contribution in [0.25, 0.3) is 5.69 Å². The van der Waals surface area contributed by atoms with Gasteiger partial charge < -0.3 is 14.6 Å². The third kappa shape index (κ3) is 4.35. The number of hydrogen-bond donors (Lipinski definition) is 1. The number of rotatable bonds is 5. The van der Waals surface area contributed by atoms with Gasteiger partial charge in [0.25, 0.3) is 5.91 Å². The zero-order valence-corrected chi connectivity index (χ0v) is 16.5. The topological polar surface area (TPSA) is 80.4 Å². The predicted molar refractivity (Wildman–Crippen MR) is 108 cm³/mol. The van der Waals surface area contributed by atoms with Gasteiger partial charge >= 0.3 is 0 Å². The summed E-state index contributed by atoms with van der Waals surface area (Å²) in [6.07, 6.45) is 7.46. The Labute approximate surface area is 173 Å². The molecule has 3 aromatic rings. The van der Waals surface area contributed by atoms with E-state index in [0.29, 0.717) is 24.5 Å².